The third kappa shape index (κ3) is 3.91. The van der Waals surface area contributed by atoms with Crippen molar-refractivity contribution < 1.29 is 9.90 Å². The Morgan fingerprint density at radius 2 is 2.00 bits per heavy atom. The monoisotopic (exact) mass is 324 g/mol. The number of aromatic nitrogens is 2. The molecule has 0 spiro atoms. The van der Waals surface area contributed by atoms with E-state index < -0.39 is 0 Å². The summed E-state index contributed by atoms with van der Waals surface area (Å²) in [6, 6.07) is 13.2. The van der Waals surface area contributed by atoms with Crippen LogP contribution in [0.3, 0.4) is 0 Å². The number of amides is 1. The second-order valence-corrected chi connectivity index (χ2v) is 5.46. The molecule has 3 rings (SSSR count). The summed E-state index contributed by atoms with van der Waals surface area (Å²) in [4.78, 5) is 16.4. The Morgan fingerprint density at radius 3 is 2.75 bits per heavy atom. The highest BCUT2D eigenvalue weighted by atomic mass is 16.3. The zero-order valence-corrected chi connectivity index (χ0v) is 13.3. The predicted molar refractivity (Wildman–Crippen MR) is 93.0 cm³/mol. The molecule has 0 atom stereocenters. The van der Waals surface area contributed by atoms with Gasteiger partial charge < -0.3 is 20.1 Å². The first-order chi connectivity index (χ1) is 11.8. The summed E-state index contributed by atoms with van der Waals surface area (Å²) in [7, 11) is 0. The van der Waals surface area contributed by atoms with E-state index in [1.165, 1.54) is 0 Å². The first-order valence-corrected chi connectivity index (χ1v) is 7.92. The number of nitrogens with one attached hydrogen (secondary N) is 2. The van der Waals surface area contributed by atoms with Crippen LogP contribution in [0.15, 0.2) is 54.9 Å². The minimum absolute atomic E-state index is 0.0756. The van der Waals surface area contributed by atoms with Crippen LogP contribution in [0.4, 0.5) is 5.69 Å². The number of nitrogens with zero attached hydrogens (tertiary/aromatic N) is 2. The second kappa shape index (κ2) is 7.61. The quantitative estimate of drug-likeness (QED) is 0.581. The summed E-state index contributed by atoms with van der Waals surface area (Å²) >= 11 is 0. The highest BCUT2D eigenvalue weighted by Gasteiger charge is 2.05. The van der Waals surface area contributed by atoms with E-state index in [-0.39, 0.29) is 12.5 Å². The van der Waals surface area contributed by atoms with Crippen molar-refractivity contribution in [2.24, 2.45) is 0 Å². The molecule has 0 unspecified atom stereocenters. The normalized spacial score (nSPS) is 10.7. The number of hydrogen-bond acceptors (Lipinski definition) is 4. The lowest BCUT2D eigenvalue weighted by molar-refractivity contribution is 0.0951. The van der Waals surface area contributed by atoms with Gasteiger partial charge in [-0.2, -0.15) is 0 Å². The van der Waals surface area contributed by atoms with Crippen LogP contribution >= 0.6 is 0 Å². The Hall–Kier alpha value is -2.86. The number of rotatable bonds is 7. The van der Waals surface area contributed by atoms with Crippen LogP contribution in [0.2, 0.25) is 0 Å². The average Bonchev–Trinajstić information content (AvgIpc) is 3.03. The number of benzene rings is 1. The molecule has 1 aromatic carbocycles. The summed E-state index contributed by atoms with van der Waals surface area (Å²) < 4.78 is 1.98. The average molecular weight is 324 g/mol. The van der Waals surface area contributed by atoms with Crippen LogP contribution in [-0.4, -0.2) is 33.6 Å². The van der Waals surface area contributed by atoms with Crippen LogP contribution < -0.4 is 10.6 Å². The molecular weight excluding hydrogens is 304 g/mol. The van der Waals surface area contributed by atoms with Gasteiger partial charge in [-0.05, 0) is 42.8 Å². The molecule has 0 aliphatic carbocycles. The standard InChI is InChI=1S/C18H20N4O2/c23-11-3-9-19-18(24)14-5-7-15(8-6-14)20-12-16-13-22-10-2-1-4-17(22)21-16/h1-2,4-8,10,13,20,23H,3,9,11-12H2,(H,19,24). The molecular formula is C18H20N4O2. The van der Waals surface area contributed by atoms with Crippen molar-refractivity contribution in [2.75, 3.05) is 18.5 Å². The van der Waals surface area contributed by atoms with Gasteiger partial charge in [0.25, 0.3) is 5.91 Å². The number of carbonyl (C=O) groups is 1. The number of pyridine rings is 1. The number of aliphatic hydroxyl groups excluding tert-OH is 1. The Labute approximate surface area is 140 Å². The van der Waals surface area contributed by atoms with Crippen molar-refractivity contribution in [2.45, 2.75) is 13.0 Å². The zero-order valence-electron chi connectivity index (χ0n) is 13.3. The molecule has 124 valence electrons. The second-order valence-electron chi connectivity index (χ2n) is 5.46. The number of aliphatic hydroxyl groups is 1. The predicted octanol–water partition coefficient (Wildman–Crippen LogP) is 2.06. The summed E-state index contributed by atoms with van der Waals surface area (Å²) in [6.07, 6.45) is 4.52. The lowest BCUT2D eigenvalue weighted by Crippen LogP contribution is -2.24. The molecule has 0 saturated heterocycles. The minimum atomic E-state index is -0.129. The summed E-state index contributed by atoms with van der Waals surface area (Å²) in [5.41, 5.74) is 3.40. The highest BCUT2D eigenvalue weighted by molar-refractivity contribution is 5.94. The first kappa shape index (κ1) is 16.0. The van der Waals surface area contributed by atoms with Crippen LogP contribution in [0.1, 0.15) is 22.5 Å². The van der Waals surface area contributed by atoms with Crippen LogP contribution in [-0.2, 0) is 6.54 Å². The summed E-state index contributed by atoms with van der Waals surface area (Å²) in [6.45, 7) is 1.17. The fourth-order valence-corrected chi connectivity index (χ4v) is 2.39. The molecule has 0 bridgehead atoms. The molecule has 2 heterocycles. The third-order valence-electron chi connectivity index (χ3n) is 3.66. The zero-order chi connectivity index (χ0) is 16.8. The molecule has 0 saturated carbocycles. The molecule has 6 nitrogen and oxygen atoms in total. The van der Waals surface area contributed by atoms with E-state index in [2.05, 4.69) is 15.6 Å². The van der Waals surface area contributed by atoms with Gasteiger partial charge in [-0.1, -0.05) is 6.07 Å². The number of fused-ring (bicyclic) bond motifs is 1. The van der Waals surface area contributed by atoms with Gasteiger partial charge in [-0.3, -0.25) is 4.79 Å². The van der Waals surface area contributed by atoms with Crippen molar-refractivity contribution in [1.82, 2.24) is 14.7 Å². The van der Waals surface area contributed by atoms with Crippen molar-refractivity contribution >= 4 is 17.2 Å². The Kier molecular flexibility index (Phi) is 5.08. The Balaban J connectivity index is 1.56. The Bertz CT molecular complexity index is 778. The van der Waals surface area contributed by atoms with E-state index in [0.29, 0.717) is 25.1 Å². The molecule has 0 fully saturated rings. The highest BCUT2D eigenvalue weighted by Crippen LogP contribution is 2.12. The lowest BCUT2D eigenvalue weighted by atomic mass is 10.2. The van der Waals surface area contributed by atoms with Gasteiger partial charge in [0.2, 0.25) is 0 Å². The van der Waals surface area contributed by atoms with E-state index >= 15 is 0 Å². The minimum Gasteiger partial charge on any atom is -0.396 e. The molecule has 3 aromatic rings. The van der Waals surface area contributed by atoms with Gasteiger partial charge in [0.15, 0.2) is 0 Å². The molecule has 0 radical (unpaired) electrons. The van der Waals surface area contributed by atoms with Gasteiger partial charge in [-0.15, -0.1) is 0 Å². The molecule has 1 amide bonds. The topological polar surface area (TPSA) is 78.7 Å². The summed E-state index contributed by atoms with van der Waals surface area (Å²) in [5.74, 6) is -0.129. The maximum atomic E-state index is 11.9. The van der Waals surface area contributed by atoms with Gasteiger partial charge >= 0.3 is 0 Å². The van der Waals surface area contributed by atoms with Crippen molar-refractivity contribution in [3.63, 3.8) is 0 Å². The van der Waals surface area contributed by atoms with Gasteiger partial charge in [0.05, 0.1) is 12.2 Å². The lowest BCUT2D eigenvalue weighted by Gasteiger charge is -2.07. The van der Waals surface area contributed by atoms with E-state index in [0.717, 1.165) is 17.0 Å². The van der Waals surface area contributed by atoms with Crippen LogP contribution in [0.5, 0.6) is 0 Å². The van der Waals surface area contributed by atoms with Crippen molar-refractivity contribution in [1.29, 1.82) is 0 Å². The molecule has 0 aliphatic heterocycles. The Morgan fingerprint density at radius 1 is 1.17 bits per heavy atom. The number of carbonyl (C=O) groups excluding carboxylic acids is 1. The summed E-state index contributed by atoms with van der Waals surface area (Å²) in [5, 5.41) is 14.8. The molecule has 6 heteroatoms. The van der Waals surface area contributed by atoms with Crippen LogP contribution in [0.25, 0.3) is 5.65 Å². The number of imidazole rings is 1. The van der Waals surface area contributed by atoms with Crippen molar-refractivity contribution in [3.05, 3.63) is 66.1 Å². The van der Waals surface area contributed by atoms with Gasteiger partial charge in [-0.25, -0.2) is 4.98 Å². The molecule has 0 aliphatic rings. The third-order valence-corrected chi connectivity index (χ3v) is 3.66. The maximum Gasteiger partial charge on any atom is 0.251 e. The SMILES string of the molecule is O=C(NCCCO)c1ccc(NCc2cn3ccccc3n2)cc1. The largest absolute Gasteiger partial charge is 0.396 e. The maximum absolute atomic E-state index is 11.9. The van der Waals surface area contributed by atoms with Gasteiger partial charge in [0, 0.05) is 36.8 Å². The number of anilines is 1. The van der Waals surface area contributed by atoms with Crippen molar-refractivity contribution in [3.8, 4) is 0 Å². The molecule has 2 aromatic heterocycles. The van der Waals surface area contributed by atoms with E-state index in [1.807, 2.05) is 47.1 Å². The number of hydrogen-bond donors (Lipinski definition) is 3. The van der Waals surface area contributed by atoms with E-state index in [1.54, 1.807) is 12.1 Å². The fraction of sp³-hybridized carbons (Fsp3) is 0.222. The fourth-order valence-electron chi connectivity index (χ4n) is 2.39. The smallest absolute Gasteiger partial charge is 0.251 e. The molecule has 3 N–H and O–H groups in total. The first-order valence-electron chi connectivity index (χ1n) is 7.92. The van der Waals surface area contributed by atoms with E-state index in [4.69, 9.17) is 5.11 Å². The molecule has 24 heavy (non-hydrogen) atoms. The van der Waals surface area contributed by atoms with Gasteiger partial charge in [0.1, 0.15) is 5.65 Å². The van der Waals surface area contributed by atoms with Crippen LogP contribution in [0, 0.1) is 0 Å². The van der Waals surface area contributed by atoms with E-state index in [9.17, 15) is 4.79 Å².